The maximum atomic E-state index is 3.97. The van der Waals surface area contributed by atoms with Crippen LogP contribution in [0.1, 0.15) is 101 Å². The maximum absolute atomic E-state index is 3.97. The Bertz CT molecular complexity index is 1090. The summed E-state index contributed by atoms with van der Waals surface area (Å²) >= 11 is 1.36. The van der Waals surface area contributed by atoms with Crippen LogP contribution in [-0.4, -0.2) is 6.88 Å². The van der Waals surface area contributed by atoms with Gasteiger partial charge in [0, 0.05) is 0 Å². The van der Waals surface area contributed by atoms with Crippen LogP contribution in [0.3, 0.4) is 0 Å². The number of rotatable bonds is 3. The van der Waals surface area contributed by atoms with Gasteiger partial charge in [-0.2, -0.15) is 6.07 Å². The Morgan fingerprint density at radius 3 is 2.00 bits per heavy atom. The van der Waals surface area contributed by atoms with Gasteiger partial charge in [-0.25, -0.2) is 0 Å². The van der Waals surface area contributed by atoms with Gasteiger partial charge < -0.3 is 14.9 Å². The van der Waals surface area contributed by atoms with E-state index in [0.29, 0.717) is 0 Å². The van der Waals surface area contributed by atoms with Gasteiger partial charge in [0.15, 0.2) is 0 Å². The second kappa shape index (κ2) is 11.8. The fraction of sp³-hybridized carbons (Fsp3) is 0.438. The molecule has 0 heterocycles. The van der Waals surface area contributed by atoms with Crippen LogP contribution in [0.2, 0.25) is 0 Å². The van der Waals surface area contributed by atoms with E-state index in [2.05, 4.69) is 98.7 Å². The van der Waals surface area contributed by atoms with Gasteiger partial charge in [0.25, 0.3) is 0 Å². The topological polar surface area (TPSA) is 0 Å². The molecule has 2 aliphatic carbocycles. The molecular weight excluding hydrogens is 504 g/mol. The van der Waals surface area contributed by atoms with Crippen LogP contribution in [0.5, 0.6) is 0 Å². The Morgan fingerprint density at radius 2 is 1.53 bits per heavy atom. The average molecular weight is 547 g/mol. The summed E-state index contributed by atoms with van der Waals surface area (Å²) < 4.78 is 0. The third-order valence-corrected chi connectivity index (χ3v) is 6.79. The van der Waals surface area contributed by atoms with Crippen LogP contribution >= 0.6 is 0 Å². The van der Waals surface area contributed by atoms with Crippen molar-refractivity contribution < 1.29 is 23.3 Å². The van der Waals surface area contributed by atoms with Crippen molar-refractivity contribution in [1.82, 2.24) is 0 Å². The number of fused-ring (bicyclic) bond motifs is 3. The number of aryl methyl sites for hydroxylation is 1. The monoisotopic (exact) mass is 545 g/mol. The summed E-state index contributed by atoms with van der Waals surface area (Å²) in [7, 11) is 0. The van der Waals surface area contributed by atoms with Crippen molar-refractivity contribution in [2.75, 3.05) is 0 Å². The first-order chi connectivity index (χ1) is 15.1. The normalized spacial score (nSPS) is 13.7. The van der Waals surface area contributed by atoms with Crippen LogP contribution in [0.15, 0.2) is 30.4 Å². The Labute approximate surface area is 227 Å². The van der Waals surface area contributed by atoms with Gasteiger partial charge in [-0.15, -0.1) is 27.8 Å². The Balaban J connectivity index is 0.00000141. The molecule has 4 rings (SSSR count). The zero-order valence-corrected chi connectivity index (χ0v) is 26.7. The van der Waals surface area contributed by atoms with Gasteiger partial charge >= 0.3 is 30.2 Å². The Kier molecular flexibility index (Phi) is 10.8. The average Bonchev–Trinajstić information content (AvgIpc) is 3.39. The first kappa shape index (κ1) is 31.1. The molecule has 0 aliphatic heterocycles. The van der Waals surface area contributed by atoms with Gasteiger partial charge in [0.1, 0.15) is 0 Å². The van der Waals surface area contributed by atoms with E-state index in [-0.39, 0.29) is 25.7 Å². The molecule has 0 bridgehead atoms. The van der Waals surface area contributed by atoms with Crippen molar-refractivity contribution in [3.8, 4) is 11.1 Å². The van der Waals surface area contributed by atoms with Gasteiger partial charge in [0.2, 0.25) is 0 Å². The molecule has 0 saturated heterocycles. The van der Waals surface area contributed by atoms with Crippen molar-refractivity contribution in [1.29, 1.82) is 0 Å². The summed E-state index contributed by atoms with van der Waals surface area (Å²) in [6, 6.07) is 8.93. The second-order valence-corrected chi connectivity index (χ2v) is 11.1. The van der Waals surface area contributed by atoms with Crippen LogP contribution < -0.4 is 0 Å². The number of hydrogen-bond acceptors (Lipinski definition) is 0. The molecule has 2 radical (unpaired) electrons. The van der Waals surface area contributed by atoms with Gasteiger partial charge in [-0.3, -0.25) is 0 Å². The molecule has 0 aromatic heterocycles. The fourth-order valence-electron chi connectivity index (χ4n) is 5.20. The predicted molar refractivity (Wildman–Crippen MR) is 150 cm³/mol. The van der Waals surface area contributed by atoms with Crippen LogP contribution in [0, 0.1) is 20.9 Å². The molecule has 2 aromatic carbocycles. The molecule has 34 heavy (non-hydrogen) atoms. The number of benzene rings is 2. The molecule has 2 aliphatic rings. The molecule has 182 valence electrons. The zero-order valence-electron chi connectivity index (χ0n) is 23.2. The van der Waals surface area contributed by atoms with E-state index < -0.39 is 0 Å². The van der Waals surface area contributed by atoms with Crippen molar-refractivity contribution >= 4 is 12.5 Å². The van der Waals surface area contributed by atoms with E-state index in [1.807, 2.05) is 0 Å². The molecule has 0 saturated carbocycles. The van der Waals surface area contributed by atoms with Crippen molar-refractivity contribution in [2.24, 2.45) is 0 Å². The first-order valence-corrected chi connectivity index (χ1v) is 16.1. The zero-order chi connectivity index (χ0) is 23.8. The molecular formula is C32H43SiZr-3. The summed E-state index contributed by atoms with van der Waals surface area (Å²) in [6.45, 7) is 21.7. The fourth-order valence-corrected chi connectivity index (χ4v) is 5.20. The van der Waals surface area contributed by atoms with Crippen LogP contribution in [0.25, 0.3) is 16.7 Å². The summed E-state index contributed by atoms with van der Waals surface area (Å²) in [5.41, 5.74) is 15.0. The van der Waals surface area contributed by atoms with Gasteiger partial charge in [0.05, 0.1) is 0 Å². The van der Waals surface area contributed by atoms with E-state index in [4.69, 9.17) is 0 Å². The number of hydrogen-bond donors (Lipinski definition) is 0. The minimum absolute atomic E-state index is 0. The van der Waals surface area contributed by atoms with Crippen molar-refractivity contribution in [3.63, 3.8) is 0 Å². The van der Waals surface area contributed by atoms with E-state index >= 15 is 0 Å². The van der Waals surface area contributed by atoms with E-state index in [1.165, 1.54) is 73.4 Å². The second-order valence-electron chi connectivity index (χ2n) is 11.1. The predicted octanol–water partition coefficient (Wildman–Crippen LogP) is 8.64. The van der Waals surface area contributed by atoms with Crippen LogP contribution in [-0.2, 0) is 53.4 Å². The molecule has 0 spiro atoms. The van der Waals surface area contributed by atoms with Crippen molar-refractivity contribution in [3.05, 3.63) is 90.2 Å². The third kappa shape index (κ3) is 5.70. The van der Waals surface area contributed by atoms with Gasteiger partial charge in [-0.05, 0) is 41.2 Å². The molecule has 0 N–H and O–H groups in total. The molecule has 2 heteroatoms. The van der Waals surface area contributed by atoms with E-state index in [1.54, 1.807) is 5.56 Å². The molecule has 0 atom stereocenters. The summed E-state index contributed by atoms with van der Waals surface area (Å²) in [6.07, 6.45) is 11.0. The molecule has 0 amide bonds. The van der Waals surface area contributed by atoms with Crippen molar-refractivity contribution in [2.45, 2.75) is 91.9 Å². The molecule has 0 nitrogen and oxygen atoms in total. The standard InChI is InChI=1S/C30H37.2CH3.Si.Zr/c1-9-19-16-23(29(3,4)5)17-21-15-22-18-25(30(6,7)8)27(20-13-11-12-14-20)24(10-2)28(22)26(19)21;;;;/h11-13,16-17H,9-10,14-15H2,1-8H3;2*1H3;;/q3*-1;;. The molecule has 0 unspecified atom stereocenters. The van der Waals surface area contributed by atoms with Crippen LogP contribution in [0.4, 0.5) is 0 Å². The van der Waals surface area contributed by atoms with E-state index in [0.717, 1.165) is 25.7 Å². The molecule has 0 fully saturated rings. The quantitative estimate of drug-likeness (QED) is 0.228. The Morgan fingerprint density at radius 1 is 0.882 bits per heavy atom. The van der Waals surface area contributed by atoms with E-state index in [9.17, 15) is 0 Å². The third-order valence-electron chi connectivity index (χ3n) is 6.79. The molecule has 2 aromatic rings. The Hall–Kier alpha value is -0.980. The minimum atomic E-state index is 0. The SMILES string of the molecule is CCc1cc(C(C)(C)C)cc2c1-c1c([c-]c(C(C)(C)C)c(C3=CC=CC3)c1CC)C2.[CH3-].[CH3-].[Si]=[Zr]. The van der Waals surface area contributed by atoms with Gasteiger partial charge in [-0.1, -0.05) is 109 Å². The number of allylic oxidation sites excluding steroid dienone is 4. The summed E-state index contributed by atoms with van der Waals surface area (Å²) in [5.74, 6) is 0. The summed E-state index contributed by atoms with van der Waals surface area (Å²) in [5, 5.41) is 0. The first-order valence-electron chi connectivity index (χ1n) is 12.0. The summed E-state index contributed by atoms with van der Waals surface area (Å²) in [4.78, 5) is 0.